The zero-order chi connectivity index (χ0) is 24.4. The van der Waals surface area contributed by atoms with Crippen LogP contribution >= 0.6 is 0 Å². The molecule has 1 aromatic rings. The second kappa shape index (κ2) is 12.2. The maximum atomic E-state index is 12.8. The lowest BCUT2D eigenvalue weighted by Gasteiger charge is -2.30. The molecule has 9 nitrogen and oxygen atoms in total. The molecule has 1 aliphatic carbocycles. The summed E-state index contributed by atoms with van der Waals surface area (Å²) in [7, 11) is 5.82. The predicted molar refractivity (Wildman–Crippen MR) is 119 cm³/mol. The van der Waals surface area contributed by atoms with Crippen molar-refractivity contribution in [2.45, 2.75) is 26.2 Å². The summed E-state index contributed by atoms with van der Waals surface area (Å²) in [5, 5.41) is 10.1. The van der Waals surface area contributed by atoms with Crippen LogP contribution in [0.1, 0.15) is 36.5 Å². The number of ether oxygens (including phenoxy) is 6. The Kier molecular flexibility index (Phi) is 9.59. The summed E-state index contributed by atoms with van der Waals surface area (Å²) in [5.41, 5.74) is -0.653. The highest BCUT2D eigenvalue weighted by Crippen LogP contribution is 2.32. The Bertz CT molecular complexity index is 875. The van der Waals surface area contributed by atoms with Crippen molar-refractivity contribution in [1.82, 2.24) is 0 Å². The van der Waals surface area contributed by atoms with Gasteiger partial charge in [0.25, 0.3) is 0 Å². The number of aliphatic hydroxyl groups excluding tert-OH is 1. The number of hydrogen-bond acceptors (Lipinski definition) is 9. The van der Waals surface area contributed by atoms with E-state index in [1.165, 1.54) is 28.4 Å². The van der Waals surface area contributed by atoms with E-state index in [0.717, 1.165) is 0 Å². The molecule has 0 aromatic heterocycles. The normalized spacial score (nSPS) is 15.2. The zero-order valence-electron chi connectivity index (χ0n) is 19.8. The largest absolute Gasteiger partial charge is 0.500 e. The van der Waals surface area contributed by atoms with Gasteiger partial charge in [0, 0.05) is 6.42 Å². The highest BCUT2D eigenvalue weighted by molar-refractivity contribution is 5.95. The first-order valence-corrected chi connectivity index (χ1v) is 10.6. The molecule has 1 aliphatic rings. The Morgan fingerprint density at radius 1 is 0.939 bits per heavy atom. The van der Waals surface area contributed by atoms with Crippen molar-refractivity contribution in [2.75, 3.05) is 48.3 Å². The van der Waals surface area contributed by atoms with E-state index in [-0.39, 0.29) is 31.0 Å². The van der Waals surface area contributed by atoms with Crippen LogP contribution in [0.5, 0.6) is 11.5 Å². The molecule has 0 spiro atoms. The maximum absolute atomic E-state index is 12.8. The fourth-order valence-corrected chi connectivity index (χ4v) is 3.39. The number of methoxy groups -OCH3 is 4. The first-order valence-electron chi connectivity index (χ1n) is 10.6. The van der Waals surface area contributed by atoms with Crippen molar-refractivity contribution in [3.63, 3.8) is 0 Å². The SMILES string of the molecule is CCC(CO)(COC(=O)C1=C(OC)CCC=C1OC)COC(=O)c1c(OC)cccc1OC. The molecular formula is C24H32O9. The van der Waals surface area contributed by atoms with Gasteiger partial charge < -0.3 is 33.5 Å². The van der Waals surface area contributed by atoms with Gasteiger partial charge in [-0.1, -0.05) is 13.0 Å². The van der Waals surface area contributed by atoms with Crippen molar-refractivity contribution in [3.8, 4) is 11.5 Å². The first-order chi connectivity index (χ1) is 15.9. The number of carbonyl (C=O) groups excluding carboxylic acids is 2. The second-order valence-electron chi connectivity index (χ2n) is 7.51. The zero-order valence-corrected chi connectivity index (χ0v) is 19.8. The summed E-state index contributed by atoms with van der Waals surface area (Å²) < 4.78 is 32.1. The van der Waals surface area contributed by atoms with E-state index in [1.807, 2.05) is 6.92 Å². The smallest absolute Gasteiger partial charge is 0.345 e. The van der Waals surface area contributed by atoms with Crippen LogP contribution in [0.25, 0.3) is 0 Å². The maximum Gasteiger partial charge on any atom is 0.345 e. The van der Waals surface area contributed by atoms with Crippen LogP contribution in [-0.4, -0.2) is 65.3 Å². The van der Waals surface area contributed by atoms with E-state index in [1.54, 1.807) is 24.3 Å². The lowest BCUT2D eigenvalue weighted by atomic mass is 9.88. The molecule has 33 heavy (non-hydrogen) atoms. The van der Waals surface area contributed by atoms with Gasteiger partial charge in [0.1, 0.15) is 47.4 Å². The molecule has 9 heteroatoms. The van der Waals surface area contributed by atoms with Gasteiger partial charge in [-0.25, -0.2) is 9.59 Å². The lowest BCUT2D eigenvalue weighted by molar-refractivity contribution is -0.145. The summed E-state index contributed by atoms with van der Waals surface area (Å²) >= 11 is 0. The molecule has 1 N–H and O–H groups in total. The molecule has 1 atom stereocenters. The van der Waals surface area contributed by atoms with Crippen LogP contribution < -0.4 is 9.47 Å². The van der Waals surface area contributed by atoms with Gasteiger partial charge in [-0.2, -0.15) is 0 Å². The molecule has 1 aromatic carbocycles. The van der Waals surface area contributed by atoms with Gasteiger partial charge in [-0.3, -0.25) is 0 Å². The fourth-order valence-electron chi connectivity index (χ4n) is 3.39. The number of benzene rings is 1. The topological polar surface area (TPSA) is 110 Å². The Labute approximate surface area is 193 Å². The standard InChI is InChI=1S/C24H32O9/c1-6-24(13-25,14-32-22(26)20-16(28-2)9-7-10-17(20)29-3)15-33-23(27)21-18(30-4)11-8-12-19(21)31-5/h7,9-11,25H,6,8,12-15H2,1-5H3. The van der Waals surface area contributed by atoms with E-state index in [9.17, 15) is 14.7 Å². The van der Waals surface area contributed by atoms with Crippen molar-refractivity contribution in [1.29, 1.82) is 0 Å². The van der Waals surface area contributed by atoms with Gasteiger partial charge in [-0.15, -0.1) is 0 Å². The average molecular weight is 465 g/mol. The average Bonchev–Trinajstić information content (AvgIpc) is 2.87. The Hall–Kier alpha value is -3.20. The monoisotopic (exact) mass is 464 g/mol. The summed E-state index contributed by atoms with van der Waals surface area (Å²) in [6.45, 7) is 1.09. The lowest BCUT2D eigenvalue weighted by Crippen LogP contribution is -2.37. The first kappa shape index (κ1) is 26.1. The molecule has 0 saturated heterocycles. The third kappa shape index (κ3) is 5.98. The third-order valence-corrected chi connectivity index (χ3v) is 5.63. The van der Waals surface area contributed by atoms with E-state index >= 15 is 0 Å². The third-order valence-electron chi connectivity index (χ3n) is 5.63. The van der Waals surface area contributed by atoms with Crippen molar-refractivity contribution >= 4 is 11.9 Å². The summed E-state index contributed by atoms with van der Waals surface area (Å²) in [5.74, 6) is 0.134. The number of allylic oxidation sites excluding steroid dienone is 2. The Morgan fingerprint density at radius 3 is 2.03 bits per heavy atom. The highest BCUT2D eigenvalue weighted by Gasteiger charge is 2.34. The van der Waals surface area contributed by atoms with Crippen molar-refractivity contribution < 1.29 is 43.1 Å². The minimum Gasteiger partial charge on any atom is -0.500 e. The quantitative estimate of drug-likeness (QED) is 0.467. The van der Waals surface area contributed by atoms with Crippen LogP contribution in [0, 0.1) is 5.41 Å². The van der Waals surface area contributed by atoms with E-state index in [4.69, 9.17) is 28.4 Å². The molecule has 0 bridgehead atoms. The number of hydrogen-bond donors (Lipinski definition) is 1. The predicted octanol–water partition coefficient (Wildman–Crippen LogP) is 3.02. The van der Waals surface area contributed by atoms with Gasteiger partial charge in [0.05, 0.1) is 40.5 Å². The molecule has 0 fully saturated rings. The molecule has 2 rings (SSSR count). The van der Waals surface area contributed by atoms with E-state index < -0.39 is 17.4 Å². The number of aliphatic hydroxyl groups is 1. The van der Waals surface area contributed by atoms with Crippen LogP contribution in [0.2, 0.25) is 0 Å². The molecule has 182 valence electrons. The fraction of sp³-hybridized carbons (Fsp3) is 0.500. The van der Waals surface area contributed by atoms with Gasteiger partial charge >= 0.3 is 11.9 Å². The highest BCUT2D eigenvalue weighted by atomic mass is 16.6. The second-order valence-corrected chi connectivity index (χ2v) is 7.51. The number of esters is 2. The van der Waals surface area contributed by atoms with Crippen LogP contribution in [-0.2, 0) is 23.7 Å². The number of rotatable bonds is 12. The van der Waals surface area contributed by atoms with Crippen molar-refractivity contribution in [3.05, 3.63) is 46.9 Å². The van der Waals surface area contributed by atoms with Crippen LogP contribution in [0.4, 0.5) is 0 Å². The van der Waals surface area contributed by atoms with E-state index in [0.29, 0.717) is 42.3 Å². The van der Waals surface area contributed by atoms with E-state index in [2.05, 4.69) is 0 Å². The van der Waals surface area contributed by atoms with Gasteiger partial charge in [-0.05, 0) is 31.1 Å². The molecule has 1 unspecified atom stereocenters. The van der Waals surface area contributed by atoms with Gasteiger partial charge in [0.15, 0.2) is 0 Å². The minimum atomic E-state index is -1.00. The Balaban J connectivity index is 2.15. The van der Waals surface area contributed by atoms with Gasteiger partial charge in [0.2, 0.25) is 0 Å². The Morgan fingerprint density at radius 2 is 1.55 bits per heavy atom. The number of carbonyl (C=O) groups is 2. The molecular weight excluding hydrogens is 432 g/mol. The molecule has 0 amide bonds. The molecule has 0 radical (unpaired) electrons. The molecule has 0 heterocycles. The molecule has 0 aliphatic heterocycles. The summed E-state index contributed by atoms with van der Waals surface area (Å²) in [6, 6.07) is 4.92. The summed E-state index contributed by atoms with van der Waals surface area (Å²) in [4.78, 5) is 25.7. The summed E-state index contributed by atoms with van der Waals surface area (Å²) in [6.07, 6.45) is 3.41. The van der Waals surface area contributed by atoms with Crippen LogP contribution in [0.15, 0.2) is 41.4 Å². The van der Waals surface area contributed by atoms with Crippen LogP contribution in [0.3, 0.4) is 0 Å². The minimum absolute atomic E-state index is 0.134. The van der Waals surface area contributed by atoms with Crippen molar-refractivity contribution in [2.24, 2.45) is 5.41 Å². The molecule has 0 saturated carbocycles.